The molecule has 0 aromatic carbocycles. The highest BCUT2D eigenvalue weighted by Crippen LogP contribution is 2.71. The maximum atomic E-state index is 12.5. The first-order chi connectivity index (χ1) is 12.7. The number of nitrogens with zero attached hydrogens (tertiary/aromatic N) is 1. The molecule has 2 aliphatic heterocycles. The van der Waals surface area contributed by atoms with Crippen molar-refractivity contribution in [3.8, 4) is 0 Å². The van der Waals surface area contributed by atoms with Crippen molar-refractivity contribution in [1.29, 1.82) is 0 Å². The van der Waals surface area contributed by atoms with Gasteiger partial charge in [-0.1, -0.05) is 27.2 Å². The van der Waals surface area contributed by atoms with Gasteiger partial charge in [0.25, 0.3) is 0 Å². The number of fused-ring (bicyclic) bond motifs is 2. The number of hydrogen-bond acceptors (Lipinski definition) is 5. The Balaban J connectivity index is 1.66. The SMILES string of the molecule is CC(=O)OC1CC2C(C)(C)CCCC2(C)C2CCC3C(=O)OC4N=CC12C43. The number of ether oxygens (including phenoxy) is 2. The van der Waals surface area contributed by atoms with E-state index in [1.165, 1.54) is 26.2 Å². The van der Waals surface area contributed by atoms with E-state index in [1.54, 1.807) is 0 Å². The molecule has 1 spiro atoms. The Morgan fingerprint density at radius 3 is 2.74 bits per heavy atom. The molecule has 3 aliphatic carbocycles. The zero-order valence-electron chi connectivity index (χ0n) is 16.9. The van der Waals surface area contributed by atoms with Crippen molar-refractivity contribution in [2.45, 2.75) is 78.6 Å². The lowest BCUT2D eigenvalue weighted by Gasteiger charge is -2.66. The number of carbonyl (C=O) groups is 2. The molecular formula is C22H31NO4. The second-order valence-electron chi connectivity index (χ2n) is 10.6. The minimum absolute atomic E-state index is 0.0379. The standard InChI is InChI=1S/C22H31NO4/c1-12(24)26-16-10-15-20(2,3)8-5-9-21(15,4)14-7-6-13-17-18(27-19(13)25)23-11-22(14,16)17/h11,13-18H,5-10H2,1-4H3. The molecule has 8 unspecified atom stereocenters. The fourth-order valence-electron chi connectivity index (χ4n) is 8.21. The van der Waals surface area contributed by atoms with E-state index in [0.29, 0.717) is 11.8 Å². The topological polar surface area (TPSA) is 65.0 Å². The van der Waals surface area contributed by atoms with Gasteiger partial charge in [-0.25, -0.2) is 0 Å². The van der Waals surface area contributed by atoms with Crippen LogP contribution in [0, 0.1) is 39.9 Å². The average Bonchev–Trinajstić information content (AvgIpc) is 3.10. The van der Waals surface area contributed by atoms with Gasteiger partial charge < -0.3 is 9.47 Å². The molecule has 5 aliphatic rings. The molecule has 0 aromatic heterocycles. The summed E-state index contributed by atoms with van der Waals surface area (Å²) in [4.78, 5) is 29.2. The quantitative estimate of drug-likeness (QED) is 0.657. The Hall–Kier alpha value is -1.39. The number of esters is 2. The van der Waals surface area contributed by atoms with Crippen LogP contribution in [0.25, 0.3) is 0 Å². The van der Waals surface area contributed by atoms with Crippen LogP contribution in [0.2, 0.25) is 0 Å². The van der Waals surface area contributed by atoms with Crippen LogP contribution in [0.5, 0.6) is 0 Å². The zero-order valence-corrected chi connectivity index (χ0v) is 16.9. The van der Waals surface area contributed by atoms with E-state index in [1.807, 2.05) is 0 Å². The molecule has 3 saturated carbocycles. The summed E-state index contributed by atoms with van der Waals surface area (Å²) in [5, 5.41) is 0. The molecule has 2 heterocycles. The summed E-state index contributed by atoms with van der Waals surface area (Å²) < 4.78 is 11.6. The van der Waals surface area contributed by atoms with Crippen molar-refractivity contribution in [2.24, 2.45) is 44.9 Å². The van der Waals surface area contributed by atoms with E-state index in [-0.39, 0.29) is 52.4 Å². The van der Waals surface area contributed by atoms with E-state index in [9.17, 15) is 9.59 Å². The van der Waals surface area contributed by atoms with Crippen LogP contribution < -0.4 is 0 Å². The van der Waals surface area contributed by atoms with Gasteiger partial charge in [-0.3, -0.25) is 14.6 Å². The largest absolute Gasteiger partial charge is 0.462 e. The van der Waals surface area contributed by atoms with Gasteiger partial charge >= 0.3 is 11.9 Å². The van der Waals surface area contributed by atoms with Crippen LogP contribution in [0.15, 0.2) is 4.99 Å². The summed E-state index contributed by atoms with van der Waals surface area (Å²) in [6, 6.07) is 0. The van der Waals surface area contributed by atoms with Crippen LogP contribution in [0.1, 0.15) is 66.2 Å². The molecule has 27 heavy (non-hydrogen) atoms. The van der Waals surface area contributed by atoms with Crippen molar-refractivity contribution >= 4 is 18.2 Å². The lowest BCUT2D eigenvalue weighted by Crippen LogP contribution is -2.66. The van der Waals surface area contributed by atoms with Crippen molar-refractivity contribution in [3.63, 3.8) is 0 Å². The smallest absolute Gasteiger partial charge is 0.311 e. The summed E-state index contributed by atoms with van der Waals surface area (Å²) in [5.74, 6) is 0.518. The van der Waals surface area contributed by atoms with E-state index in [4.69, 9.17) is 9.47 Å². The van der Waals surface area contributed by atoms with Crippen LogP contribution in [0.4, 0.5) is 0 Å². The van der Waals surface area contributed by atoms with Gasteiger partial charge in [0.2, 0.25) is 0 Å². The summed E-state index contributed by atoms with van der Waals surface area (Å²) in [5.41, 5.74) is 0.0843. The molecule has 0 bridgehead atoms. The molecule has 0 aromatic rings. The lowest BCUT2D eigenvalue weighted by atomic mass is 9.38. The first kappa shape index (κ1) is 17.7. The molecule has 5 nitrogen and oxygen atoms in total. The summed E-state index contributed by atoms with van der Waals surface area (Å²) in [7, 11) is 0. The minimum atomic E-state index is -0.375. The van der Waals surface area contributed by atoms with Gasteiger partial charge in [0.05, 0.1) is 11.3 Å². The number of carbonyl (C=O) groups excluding carboxylic acids is 2. The summed E-state index contributed by atoms with van der Waals surface area (Å²) >= 11 is 0. The monoisotopic (exact) mass is 373 g/mol. The van der Waals surface area contributed by atoms with Crippen molar-refractivity contribution in [3.05, 3.63) is 0 Å². The van der Waals surface area contributed by atoms with E-state index in [0.717, 1.165) is 19.3 Å². The third-order valence-electron chi connectivity index (χ3n) is 9.06. The second-order valence-corrected chi connectivity index (χ2v) is 10.6. The third kappa shape index (κ3) is 2.09. The van der Waals surface area contributed by atoms with Crippen molar-refractivity contribution in [2.75, 3.05) is 0 Å². The van der Waals surface area contributed by atoms with Crippen LogP contribution in [-0.4, -0.2) is 30.5 Å². The van der Waals surface area contributed by atoms with Gasteiger partial charge in [-0.15, -0.1) is 0 Å². The predicted octanol–water partition coefficient (Wildman–Crippen LogP) is 3.75. The molecular weight excluding hydrogens is 342 g/mol. The lowest BCUT2D eigenvalue weighted by molar-refractivity contribution is -0.211. The highest BCUT2D eigenvalue weighted by Gasteiger charge is 2.73. The van der Waals surface area contributed by atoms with Crippen LogP contribution in [-0.2, 0) is 19.1 Å². The molecule has 0 radical (unpaired) electrons. The summed E-state index contributed by atoms with van der Waals surface area (Å²) in [6.45, 7) is 8.74. The Morgan fingerprint density at radius 1 is 1.22 bits per heavy atom. The molecule has 5 rings (SSSR count). The van der Waals surface area contributed by atoms with Crippen molar-refractivity contribution in [1.82, 2.24) is 0 Å². The minimum Gasteiger partial charge on any atom is -0.462 e. The Morgan fingerprint density at radius 2 is 2.00 bits per heavy atom. The van der Waals surface area contributed by atoms with Gasteiger partial charge in [0.1, 0.15) is 6.10 Å². The maximum absolute atomic E-state index is 12.5. The molecule has 148 valence electrons. The molecule has 4 fully saturated rings. The summed E-state index contributed by atoms with van der Waals surface area (Å²) in [6.07, 6.45) is 7.91. The zero-order chi connectivity index (χ0) is 19.2. The third-order valence-corrected chi connectivity index (χ3v) is 9.06. The fourth-order valence-corrected chi connectivity index (χ4v) is 8.21. The molecule has 0 amide bonds. The van der Waals surface area contributed by atoms with E-state index in [2.05, 4.69) is 32.0 Å². The van der Waals surface area contributed by atoms with E-state index >= 15 is 0 Å². The molecule has 8 atom stereocenters. The van der Waals surface area contributed by atoms with Gasteiger partial charge in [0.15, 0.2) is 6.23 Å². The van der Waals surface area contributed by atoms with E-state index < -0.39 is 0 Å². The average molecular weight is 373 g/mol. The number of aliphatic imine (C=N–C) groups is 1. The Kier molecular flexibility index (Phi) is 3.51. The van der Waals surface area contributed by atoms with Gasteiger partial charge in [-0.05, 0) is 54.8 Å². The fraction of sp³-hybridized carbons (Fsp3) is 0.864. The number of rotatable bonds is 1. The first-order valence-corrected chi connectivity index (χ1v) is 10.6. The normalized spacial score (nSPS) is 51.8. The van der Waals surface area contributed by atoms with Gasteiger partial charge in [-0.2, -0.15) is 0 Å². The second kappa shape index (κ2) is 5.36. The Labute approximate surface area is 161 Å². The first-order valence-electron chi connectivity index (χ1n) is 10.6. The highest BCUT2D eigenvalue weighted by molar-refractivity contribution is 5.82. The Bertz CT molecular complexity index is 730. The van der Waals surface area contributed by atoms with Gasteiger partial charge in [0, 0.05) is 19.1 Å². The van der Waals surface area contributed by atoms with Crippen LogP contribution >= 0.6 is 0 Å². The molecule has 5 heteroatoms. The molecule has 1 saturated heterocycles. The molecule has 0 N–H and O–H groups in total. The maximum Gasteiger partial charge on any atom is 0.311 e. The number of hydrogen-bond donors (Lipinski definition) is 0. The predicted molar refractivity (Wildman–Crippen MR) is 99.9 cm³/mol. The van der Waals surface area contributed by atoms with Crippen LogP contribution in [0.3, 0.4) is 0 Å². The highest BCUT2D eigenvalue weighted by atomic mass is 16.6. The van der Waals surface area contributed by atoms with Crippen molar-refractivity contribution < 1.29 is 19.1 Å².